The number of carbonyl (C=O) groups excluding carboxylic acids is 1. The molecular formula is C20H19N3O4S. The number of fused-ring (bicyclic) bond motifs is 1. The number of benzene rings is 2. The van der Waals surface area contributed by atoms with Crippen LogP contribution in [0.4, 0.5) is 0 Å². The number of nitrogens with one attached hydrogen (secondary N) is 1. The Balaban J connectivity index is 1.34. The van der Waals surface area contributed by atoms with Gasteiger partial charge in [-0.25, -0.2) is 0 Å². The van der Waals surface area contributed by atoms with Crippen LogP contribution in [0.2, 0.25) is 0 Å². The van der Waals surface area contributed by atoms with Crippen molar-refractivity contribution in [1.82, 2.24) is 15.5 Å². The quantitative estimate of drug-likeness (QED) is 0.636. The first kappa shape index (κ1) is 18.4. The minimum absolute atomic E-state index is 0.113. The number of carbonyl (C=O) groups is 1. The summed E-state index contributed by atoms with van der Waals surface area (Å²) in [5, 5.41) is 11.0. The lowest BCUT2D eigenvalue weighted by Crippen LogP contribution is -2.30. The zero-order valence-corrected chi connectivity index (χ0v) is 16.3. The molecule has 0 bridgehead atoms. The van der Waals surface area contributed by atoms with Crippen molar-refractivity contribution in [3.8, 4) is 23.0 Å². The van der Waals surface area contributed by atoms with E-state index in [0.29, 0.717) is 23.4 Å². The first-order valence-corrected chi connectivity index (χ1v) is 9.70. The van der Waals surface area contributed by atoms with Gasteiger partial charge < -0.3 is 19.2 Å². The molecule has 0 saturated heterocycles. The van der Waals surface area contributed by atoms with Crippen LogP contribution in [-0.2, 0) is 11.3 Å². The lowest BCUT2D eigenvalue weighted by Gasteiger charge is -2.10. The van der Waals surface area contributed by atoms with Gasteiger partial charge in [-0.1, -0.05) is 36.0 Å². The summed E-state index contributed by atoms with van der Waals surface area (Å²) >= 11 is 1.23. The minimum Gasteiger partial charge on any atom is -0.454 e. The summed E-state index contributed by atoms with van der Waals surface area (Å²) in [7, 11) is 0. The summed E-state index contributed by atoms with van der Waals surface area (Å²) in [6.07, 6.45) is 0. The Bertz CT molecular complexity index is 1000. The molecule has 144 valence electrons. The van der Waals surface area contributed by atoms with Crippen LogP contribution < -0.4 is 14.8 Å². The van der Waals surface area contributed by atoms with Crippen LogP contribution in [0.5, 0.6) is 11.5 Å². The highest BCUT2D eigenvalue weighted by Crippen LogP contribution is 2.32. The Morgan fingerprint density at radius 1 is 1.18 bits per heavy atom. The average molecular weight is 397 g/mol. The van der Waals surface area contributed by atoms with Gasteiger partial charge in [-0.15, -0.1) is 10.2 Å². The van der Waals surface area contributed by atoms with Gasteiger partial charge in [-0.05, 0) is 43.2 Å². The van der Waals surface area contributed by atoms with Crippen molar-refractivity contribution in [2.24, 2.45) is 0 Å². The standard InChI is InChI=1S/C20H19N3O4S/c1-12-5-3-4-6-15(12)19-22-23-20(27-19)28-13(2)18(24)21-10-14-7-8-16-17(9-14)26-11-25-16/h3-9,13H,10-11H2,1-2H3,(H,21,24)/t13-/m0/s1. The van der Waals surface area contributed by atoms with Crippen molar-refractivity contribution in [2.45, 2.75) is 30.9 Å². The van der Waals surface area contributed by atoms with Gasteiger partial charge in [0, 0.05) is 12.1 Å². The van der Waals surface area contributed by atoms with E-state index < -0.39 is 0 Å². The number of nitrogens with zero attached hydrogens (tertiary/aromatic N) is 2. The molecule has 1 atom stereocenters. The third kappa shape index (κ3) is 3.96. The second-order valence-corrected chi connectivity index (χ2v) is 7.65. The molecule has 2 heterocycles. The van der Waals surface area contributed by atoms with E-state index in [9.17, 15) is 4.79 Å². The van der Waals surface area contributed by atoms with Gasteiger partial charge in [0.2, 0.25) is 18.6 Å². The van der Waals surface area contributed by atoms with Crippen molar-refractivity contribution < 1.29 is 18.7 Å². The van der Waals surface area contributed by atoms with Crippen molar-refractivity contribution >= 4 is 17.7 Å². The number of rotatable bonds is 6. The molecule has 1 aromatic heterocycles. The number of thioether (sulfide) groups is 1. The number of amides is 1. The zero-order chi connectivity index (χ0) is 19.5. The summed E-state index contributed by atoms with van der Waals surface area (Å²) in [4.78, 5) is 12.4. The highest BCUT2D eigenvalue weighted by molar-refractivity contribution is 8.00. The van der Waals surface area contributed by atoms with E-state index in [1.807, 2.05) is 49.4 Å². The Morgan fingerprint density at radius 3 is 2.86 bits per heavy atom. The maximum atomic E-state index is 12.4. The fourth-order valence-corrected chi connectivity index (χ4v) is 3.48. The summed E-state index contributed by atoms with van der Waals surface area (Å²) in [6.45, 7) is 4.42. The maximum absolute atomic E-state index is 12.4. The average Bonchev–Trinajstić information content (AvgIpc) is 3.35. The molecule has 1 aliphatic rings. The molecule has 1 amide bonds. The molecule has 4 rings (SSSR count). The third-order valence-corrected chi connectivity index (χ3v) is 5.27. The lowest BCUT2D eigenvalue weighted by molar-refractivity contribution is -0.120. The van der Waals surface area contributed by atoms with Crippen LogP contribution in [-0.4, -0.2) is 28.1 Å². The molecule has 8 heteroatoms. The van der Waals surface area contributed by atoms with Crippen LogP contribution in [0.25, 0.3) is 11.5 Å². The van der Waals surface area contributed by atoms with E-state index in [4.69, 9.17) is 13.9 Å². The second-order valence-electron chi connectivity index (χ2n) is 6.35. The molecule has 0 unspecified atom stereocenters. The van der Waals surface area contributed by atoms with E-state index in [1.165, 1.54) is 11.8 Å². The zero-order valence-electron chi connectivity index (χ0n) is 15.5. The normalized spacial score (nSPS) is 13.4. The summed E-state index contributed by atoms with van der Waals surface area (Å²) in [5.41, 5.74) is 2.88. The Labute approximate surface area is 166 Å². The van der Waals surface area contributed by atoms with E-state index in [1.54, 1.807) is 6.92 Å². The number of aromatic nitrogens is 2. The highest BCUT2D eigenvalue weighted by atomic mass is 32.2. The molecule has 0 radical (unpaired) electrons. The number of aryl methyl sites for hydroxylation is 1. The van der Waals surface area contributed by atoms with E-state index in [-0.39, 0.29) is 18.0 Å². The van der Waals surface area contributed by atoms with Gasteiger partial charge in [0.05, 0.1) is 5.25 Å². The second kappa shape index (κ2) is 7.93. The molecule has 3 aromatic rings. The van der Waals surface area contributed by atoms with Gasteiger partial charge in [0.25, 0.3) is 5.22 Å². The molecule has 0 fully saturated rings. The predicted octanol–water partition coefficient (Wildman–Crippen LogP) is 3.57. The summed E-state index contributed by atoms with van der Waals surface area (Å²) < 4.78 is 16.4. The van der Waals surface area contributed by atoms with Gasteiger partial charge >= 0.3 is 0 Å². The first-order chi connectivity index (χ1) is 13.6. The molecule has 0 saturated carbocycles. The molecule has 1 N–H and O–H groups in total. The third-order valence-electron chi connectivity index (χ3n) is 4.33. The Kier molecular flexibility index (Phi) is 5.21. The van der Waals surface area contributed by atoms with Gasteiger partial charge in [0.15, 0.2) is 11.5 Å². The molecule has 0 spiro atoms. The number of hydrogen-bond acceptors (Lipinski definition) is 7. The van der Waals surface area contributed by atoms with Crippen molar-refractivity contribution in [1.29, 1.82) is 0 Å². The van der Waals surface area contributed by atoms with Crippen LogP contribution in [0.3, 0.4) is 0 Å². The highest BCUT2D eigenvalue weighted by Gasteiger charge is 2.19. The fraction of sp³-hybridized carbons (Fsp3) is 0.250. The smallest absolute Gasteiger partial charge is 0.277 e. The SMILES string of the molecule is Cc1ccccc1-c1nnc(S[C@@H](C)C(=O)NCc2ccc3c(c2)OCO3)o1. The number of ether oxygens (including phenoxy) is 2. The monoisotopic (exact) mass is 397 g/mol. The van der Waals surface area contributed by atoms with Gasteiger partial charge in [-0.3, -0.25) is 4.79 Å². The Morgan fingerprint density at radius 2 is 2.00 bits per heavy atom. The maximum Gasteiger partial charge on any atom is 0.277 e. The van der Waals surface area contributed by atoms with E-state index in [0.717, 1.165) is 22.4 Å². The molecule has 0 aliphatic carbocycles. The summed E-state index contributed by atoms with van der Waals surface area (Å²) in [6, 6.07) is 13.4. The topological polar surface area (TPSA) is 86.5 Å². The molecule has 7 nitrogen and oxygen atoms in total. The van der Waals surface area contributed by atoms with Crippen molar-refractivity contribution in [3.63, 3.8) is 0 Å². The van der Waals surface area contributed by atoms with Gasteiger partial charge in [0.1, 0.15) is 0 Å². The fourth-order valence-electron chi connectivity index (χ4n) is 2.77. The van der Waals surface area contributed by atoms with E-state index >= 15 is 0 Å². The largest absolute Gasteiger partial charge is 0.454 e. The van der Waals surface area contributed by atoms with Gasteiger partial charge in [-0.2, -0.15) is 0 Å². The molecule has 2 aromatic carbocycles. The lowest BCUT2D eigenvalue weighted by atomic mass is 10.1. The molecule has 28 heavy (non-hydrogen) atoms. The van der Waals surface area contributed by atoms with Crippen LogP contribution >= 0.6 is 11.8 Å². The van der Waals surface area contributed by atoms with Crippen LogP contribution in [0.1, 0.15) is 18.1 Å². The molecule has 1 aliphatic heterocycles. The van der Waals surface area contributed by atoms with Crippen molar-refractivity contribution in [3.05, 3.63) is 53.6 Å². The number of hydrogen-bond donors (Lipinski definition) is 1. The van der Waals surface area contributed by atoms with Crippen molar-refractivity contribution in [2.75, 3.05) is 6.79 Å². The van der Waals surface area contributed by atoms with Crippen LogP contribution in [0.15, 0.2) is 52.1 Å². The predicted molar refractivity (Wildman–Crippen MR) is 104 cm³/mol. The Hall–Kier alpha value is -3.00. The summed E-state index contributed by atoms with van der Waals surface area (Å²) in [5.74, 6) is 1.76. The molecular weight excluding hydrogens is 378 g/mol. The van der Waals surface area contributed by atoms with E-state index in [2.05, 4.69) is 15.5 Å². The first-order valence-electron chi connectivity index (χ1n) is 8.82. The minimum atomic E-state index is -0.376. The van der Waals surface area contributed by atoms with Crippen LogP contribution in [0, 0.1) is 6.92 Å².